The molecule has 4 atom stereocenters. The highest BCUT2D eigenvalue weighted by Gasteiger charge is 2.63. The summed E-state index contributed by atoms with van der Waals surface area (Å²) in [7, 11) is 0. The maximum Gasteiger partial charge on any atom is 0.181 e. The van der Waals surface area contributed by atoms with Crippen LogP contribution in [-0.4, -0.2) is 17.2 Å². The third-order valence-corrected chi connectivity index (χ3v) is 6.30. The van der Waals surface area contributed by atoms with E-state index in [-0.39, 0.29) is 23.4 Å². The molecule has 2 aromatic rings. The molecular weight excluding hydrogens is 316 g/mol. The lowest BCUT2D eigenvalue weighted by molar-refractivity contribution is -0.147. The van der Waals surface area contributed by atoms with Crippen molar-refractivity contribution in [3.05, 3.63) is 54.0 Å². The molecule has 0 radical (unpaired) electrons. The molecule has 2 heterocycles. The molecule has 5 rings (SSSR count). The van der Waals surface area contributed by atoms with Crippen molar-refractivity contribution in [2.45, 2.75) is 43.6 Å². The van der Waals surface area contributed by atoms with Crippen molar-refractivity contribution in [1.29, 1.82) is 0 Å². The van der Waals surface area contributed by atoms with E-state index in [2.05, 4.69) is 0 Å². The van der Waals surface area contributed by atoms with Crippen LogP contribution < -0.4 is 4.74 Å². The van der Waals surface area contributed by atoms with Gasteiger partial charge in [-0.25, -0.2) is 0 Å². The van der Waals surface area contributed by atoms with Crippen molar-refractivity contribution in [3.8, 4) is 5.75 Å². The minimum Gasteiger partial charge on any atom is -0.485 e. The van der Waals surface area contributed by atoms with E-state index >= 15 is 0 Å². The molecule has 0 amide bonds. The Hall–Kier alpha value is -2.36. The van der Waals surface area contributed by atoms with E-state index in [1.165, 1.54) is 0 Å². The Balaban J connectivity index is 1.67. The number of rotatable bonds is 1. The second-order valence-electron chi connectivity index (χ2n) is 7.50. The lowest BCUT2D eigenvalue weighted by atomic mass is 9.55. The number of Topliss-reactive ketones (excluding diaryl/α,β-unsaturated/α-hetero) is 2. The van der Waals surface area contributed by atoms with Gasteiger partial charge in [0, 0.05) is 18.3 Å². The fourth-order valence-electron chi connectivity index (χ4n) is 5.32. The Bertz CT molecular complexity index is 837. The average Bonchev–Trinajstić information content (AvgIpc) is 3.15. The molecule has 4 heteroatoms. The van der Waals surface area contributed by atoms with Crippen LogP contribution in [0.3, 0.4) is 0 Å². The number of carbonyl (C=O) groups excluding carboxylic acids is 2. The van der Waals surface area contributed by atoms with Gasteiger partial charge >= 0.3 is 0 Å². The molecule has 2 saturated carbocycles. The molecule has 2 fully saturated rings. The quantitative estimate of drug-likeness (QED) is 0.734. The van der Waals surface area contributed by atoms with Crippen LogP contribution in [0.4, 0.5) is 0 Å². The molecule has 4 nitrogen and oxygen atoms in total. The van der Waals surface area contributed by atoms with Crippen LogP contribution in [0.2, 0.25) is 0 Å². The first-order valence-corrected chi connectivity index (χ1v) is 9.09. The van der Waals surface area contributed by atoms with Gasteiger partial charge in [0.25, 0.3) is 0 Å². The van der Waals surface area contributed by atoms with Crippen molar-refractivity contribution < 1.29 is 18.7 Å². The second kappa shape index (κ2) is 5.32. The largest absolute Gasteiger partial charge is 0.485 e. The Morgan fingerprint density at radius 2 is 1.92 bits per heavy atom. The van der Waals surface area contributed by atoms with Gasteiger partial charge in [-0.3, -0.25) is 9.59 Å². The number of ketones is 2. The van der Waals surface area contributed by atoms with Crippen LogP contribution in [0.25, 0.3) is 0 Å². The molecule has 0 bridgehead atoms. The third kappa shape index (κ3) is 2.00. The Morgan fingerprint density at radius 1 is 1.04 bits per heavy atom. The first kappa shape index (κ1) is 14.9. The fraction of sp³-hybridized carbons (Fsp3) is 0.429. The number of benzene rings is 1. The Kier molecular flexibility index (Phi) is 3.18. The molecule has 0 N–H and O–H groups in total. The van der Waals surface area contributed by atoms with Crippen LogP contribution in [0.5, 0.6) is 5.75 Å². The summed E-state index contributed by atoms with van der Waals surface area (Å²) in [6.07, 6.45) is 5.83. The second-order valence-corrected chi connectivity index (χ2v) is 7.50. The predicted octanol–water partition coefficient (Wildman–Crippen LogP) is 4.16. The highest BCUT2D eigenvalue weighted by molar-refractivity contribution is 6.14. The molecular formula is C21H20O4. The molecule has 3 aliphatic rings. The topological polar surface area (TPSA) is 56.5 Å². The first-order valence-electron chi connectivity index (χ1n) is 9.09. The zero-order valence-corrected chi connectivity index (χ0v) is 13.9. The molecule has 1 unspecified atom stereocenters. The van der Waals surface area contributed by atoms with E-state index in [9.17, 15) is 9.59 Å². The summed E-state index contributed by atoms with van der Waals surface area (Å²) in [6, 6.07) is 11.1. The van der Waals surface area contributed by atoms with Crippen molar-refractivity contribution in [1.82, 2.24) is 0 Å². The minimum atomic E-state index is -0.712. The van der Waals surface area contributed by atoms with Gasteiger partial charge in [0.2, 0.25) is 0 Å². The van der Waals surface area contributed by atoms with Crippen molar-refractivity contribution in [2.24, 2.45) is 11.8 Å². The Morgan fingerprint density at radius 3 is 2.76 bits per heavy atom. The SMILES string of the molecule is O=C1C[C@H](c2ccco2)[C@H]2CCCC[C@]23Oc2ccccc2C(=O)C13. The molecule has 2 aliphatic carbocycles. The van der Waals surface area contributed by atoms with Crippen LogP contribution in [0, 0.1) is 11.8 Å². The summed E-state index contributed by atoms with van der Waals surface area (Å²) >= 11 is 0. The summed E-state index contributed by atoms with van der Waals surface area (Å²) in [5.41, 5.74) is -0.163. The van der Waals surface area contributed by atoms with Crippen molar-refractivity contribution >= 4 is 11.6 Å². The van der Waals surface area contributed by atoms with Gasteiger partial charge in [-0.05, 0) is 43.5 Å². The monoisotopic (exact) mass is 336 g/mol. The van der Waals surface area contributed by atoms with E-state index in [1.54, 1.807) is 12.3 Å². The summed E-state index contributed by atoms with van der Waals surface area (Å²) in [4.78, 5) is 26.2. The third-order valence-electron chi connectivity index (χ3n) is 6.30. The normalized spacial score (nSPS) is 33.8. The highest BCUT2D eigenvalue weighted by Crippen LogP contribution is 2.56. The zero-order chi connectivity index (χ0) is 17.0. The number of carbonyl (C=O) groups is 2. The summed E-state index contributed by atoms with van der Waals surface area (Å²) in [6.45, 7) is 0. The van der Waals surface area contributed by atoms with Crippen LogP contribution in [0.1, 0.15) is 54.1 Å². The summed E-state index contributed by atoms with van der Waals surface area (Å²) < 4.78 is 12.2. The van der Waals surface area contributed by atoms with Crippen LogP contribution >= 0.6 is 0 Å². The molecule has 1 aliphatic heterocycles. The smallest absolute Gasteiger partial charge is 0.181 e. The van der Waals surface area contributed by atoms with Gasteiger partial charge in [-0.2, -0.15) is 0 Å². The van der Waals surface area contributed by atoms with Gasteiger partial charge in [0.05, 0.1) is 11.8 Å². The van der Waals surface area contributed by atoms with E-state index in [1.807, 2.05) is 30.3 Å². The van der Waals surface area contributed by atoms with Gasteiger partial charge < -0.3 is 9.15 Å². The number of hydrogen-bond acceptors (Lipinski definition) is 4. The highest BCUT2D eigenvalue weighted by atomic mass is 16.5. The van der Waals surface area contributed by atoms with E-state index in [0.29, 0.717) is 17.7 Å². The maximum atomic E-state index is 13.2. The first-order chi connectivity index (χ1) is 12.2. The molecule has 128 valence electrons. The van der Waals surface area contributed by atoms with Crippen molar-refractivity contribution in [3.63, 3.8) is 0 Å². The number of furan rings is 1. The zero-order valence-electron chi connectivity index (χ0n) is 13.9. The van der Waals surface area contributed by atoms with E-state index in [0.717, 1.165) is 31.4 Å². The van der Waals surface area contributed by atoms with E-state index in [4.69, 9.17) is 9.15 Å². The minimum absolute atomic E-state index is 0.000877. The fourth-order valence-corrected chi connectivity index (χ4v) is 5.32. The van der Waals surface area contributed by atoms with E-state index < -0.39 is 11.5 Å². The number of hydrogen-bond donors (Lipinski definition) is 0. The Labute approximate surface area is 146 Å². The summed E-state index contributed by atoms with van der Waals surface area (Å²) in [5.74, 6) is 0.871. The maximum absolute atomic E-state index is 13.2. The standard InChI is InChI=1S/C21H20O4/c22-16-12-14(17-9-5-11-24-17)15-7-3-4-10-21(15)19(16)20(23)13-6-1-2-8-18(13)25-21/h1-2,5-6,8-9,11,14-15,19H,3-4,7,10,12H2/t14-,15+,19?,21-/m0/s1. The number of para-hydroxylation sites is 1. The van der Waals surface area contributed by atoms with Gasteiger partial charge in [0.15, 0.2) is 5.78 Å². The predicted molar refractivity (Wildman–Crippen MR) is 90.7 cm³/mol. The van der Waals surface area contributed by atoms with Crippen molar-refractivity contribution in [2.75, 3.05) is 0 Å². The van der Waals surface area contributed by atoms with Gasteiger partial charge in [-0.1, -0.05) is 18.6 Å². The summed E-state index contributed by atoms with van der Waals surface area (Å²) in [5, 5.41) is 0. The number of fused-ring (bicyclic) bond motifs is 1. The lowest BCUT2D eigenvalue weighted by Crippen LogP contribution is -2.63. The molecule has 0 saturated heterocycles. The molecule has 1 spiro atoms. The number of ether oxygens (including phenoxy) is 1. The molecule has 25 heavy (non-hydrogen) atoms. The van der Waals surface area contributed by atoms with Crippen LogP contribution in [0.15, 0.2) is 47.1 Å². The van der Waals surface area contributed by atoms with Crippen LogP contribution in [-0.2, 0) is 4.79 Å². The van der Waals surface area contributed by atoms with Gasteiger partial charge in [0.1, 0.15) is 28.8 Å². The molecule has 1 aromatic heterocycles. The average molecular weight is 336 g/mol. The van der Waals surface area contributed by atoms with Gasteiger partial charge in [-0.15, -0.1) is 0 Å². The molecule has 1 aromatic carbocycles. The lowest BCUT2D eigenvalue weighted by Gasteiger charge is -2.54.